The Balaban J connectivity index is 1.53. The fourth-order valence-electron chi connectivity index (χ4n) is 3.56. The predicted octanol–water partition coefficient (Wildman–Crippen LogP) is 2.54. The largest absolute Gasteiger partial charge is 0.377 e. The number of quaternary nitrogens is 1. The van der Waals surface area contributed by atoms with Crippen molar-refractivity contribution in [3.05, 3.63) is 29.3 Å². The third-order valence-corrected chi connectivity index (χ3v) is 7.44. The molecular weight excluding hydrogens is 498 g/mol. The van der Waals surface area contributed by atoms with Gasteiger partial charge in [0.15, 0.2) is 0 Å². The van der Waals surface area contributed by atoms with Gasteiger partial charge in [-0.2, -0.15) is 8.42 Å². The van der Waals surface area contributed by atoms with Crippen molar-refractivity contribution >= 4 is 27.9 Å². The lowest BCUT2D eigenvalue weighted by molar-refractivity contribution is -0.890. The molecule has 2 rings (SSSR count). The molecule has 1 aromatic carbocycles. The summed E-state index contributed by atoms with van der Waals surface area (Å²) in [6.45, 7) is 11.1. The zero-order valence-electron chi connectivity index (χ0n) is 21.3. The Morgan fingerprint density at radius 3 is 2.23 bits per heavy atom. The van der Waals surface area contributed by atoms with E-state index in [0.717, 1.165) is 23.1 Å². The second-order valence-corrected chi connectivity index (χ2v) is 11.8. The molecule has 10 nitrogen and oxygen atoms in total. The average Bonchev–Trinajstić information content (AvgIpc) is 2.96. The number of hydrogen-bond acceptors (Lipinski definition) is 6. The maximum atomic E-state index is 12.2. The average molecular weight is 537 g/mol. The number of urea groups is 1. The number of amides is 2. The summed E-state index contributed by atoms with van der Waals surface area (Å²) in [4.78, 5) is 13.9. The molecule has 0 spiro atoms. The lowest BCUT2D eigenvalue weighted by atomic mass is 10.1. The van der Waals surface area contributed by atoms with E-state index in [1.54, 1.807) is 11.0 Å². The Hall–Kier alpha value is -1.47. The molecule has 35 heavy (non-hydrogen) atoms. The van der Waals surface area contributed by atoms with Crippen LogP contribution in [0.5, 0.6) is 0 Å². The van der Waals surface area contributed by atoms with Crippen LogP contribution >= 0.6 is 11.8 Å². The van der Waals surface area contributed by atoms with Gasteiger partial charge in [-0.1, -0.05) is 6.07 Å². The highest BCUT2D eigenvalue weighted by Crippen LogP contribution is 2.27. The molecule has 0 aromatic heterocycles. The standard InChI is InChI=1S/C23H38ClN3O7S/c1-19-6-7-21(35(29,30)31)16-20(19)17-34-15-14-33-13-12-32-11-10-27(4,5)9-8-25-18-23(2,3)26(24)22(25)28/h6-7,16H,8-15,17-18H2,1-5H3/p+1. The number of benzene rings is 1. The maximum Gasteiger partial charge on any atom is 0.335 e. The molecule has 1 N–H and O–H groups in total. The SMILES string of the molecule is Cc1ccc(S(=O)(=O)O)cc1COCCOCCOCC[N+](C)(C)CCN1CC(C)(C)N(Cl)C1=O. The third-order valence-electron chi connectivity index (χ3n) is 5.98. The van der Waals surface area contributed by atoms with E-state index in [4.69, 9.17) is 30.5 Å². The molecule has 1 heterocycles. The van der Waals surface area contributed by atoms with Crippen LogP contribution in [-0.2, 0) is 30.9 Å². The minimum atomic E-state index is -4.24. The number of aryl methyl sites for hydroxylation is 1. The van der Waals surface area contributed by atoms with E-state index in [-0.39, 0.29) is 23.1 Å². The quantitative estimate of drug-likeness (QED) is 0.159. The number of likely N-dealkylation sites (N-methyl/N-ethyl adjacent to an activating group) is 1. The molecule has 1 aliphatic heterocycles. The highest BCUT2D eigenvalue weighted by Gasteiger charge is 2.42. The number of hydrogen-bond donors (Lipinski definition) is 1. The van der Waals surface area contributed by atoms with Crippen molar-refractivity contribution in [3.8, 4) is 0 Å². The highest BCUT2D eigenvalue weighted by molar-refractivity contribution is 7.85. The molecule has 0 aliphatic carbocycles. The lowest BCUT2D eigenvalue weighted by Crippen LogP contribution is -2.47. The molecule has 12 heteroatoms. The lowest BCUT2D eigenvalue weighted by Gasteiger charge is -2.31. The van der Waals surface area contributed by atoms with Crippen molar-refractivity contribution in [2.45, 2.75) is 37.8 Å². The van der Waals surface area contributed by atoms with E-state index < -0.39 is 10.1 Å². The summed E-state index contributed by atoms with van der Waals surface area (Å²) in [5, 5.41) is 0. The van der Waals surface area contributed by atoms with Crippen LogP contribution in [0, 0.1) is 6.92 Å². The number of carbonyl (C=O) groups excluding carboxylic acids is 1. The summed E-state index contributed by atoms with van der Waals surface area (Å²) in [6, 6.07) is 4.27. The first-order chi connectivity index (χ1) is 16.2. The van der Waals surface area contributed by atoms with E-state index in [1.807, 2.05) is 20.8 Å². The Bertz CT molecular complexity index is 956. The van der Waals surface area contributed by atoms with Crippen LogP contribution in [0.4, 0.5) is 4.79 Å². The van der Waals surface area contributed by atoms with E-state index in [1.165, 1.54) is 16.6 Å². The number of nitrogens with zero attached hydrogens (tertiary/aromatic N) is 3. The normalized spacial score (nSPS) is 16.4. The molecule has 0 atom stereocenters. The molecular formula is C23H39ClN3O7S+. The van der Waals surface area contributed by atoms with E-state index in [9.17, 15) is 13.2 Å². The van der Waals surface area contributed by atoms with Gasteiger partial charge < -0.3 is 23.6 Å². The number of carbonyl (C=O) groups is 1. The third kappa shape index (κ3) is 9.49. The predicted molar refractivity (Wildman–Crippen MR) is 133 cm³/mol. The summed E-state index contributed by atoms with van der Waals surface area (Å²) in [5.41, 5.74) is 1.21. The van der Waals surface area contributed by atoms with Gasteiger partial charge in [0.25, 0.3) is 10.1 Å². The first-order valence-electron chi connectivity index (χ1n) is 11.6. The number of rotatable bonds is 15. The smallest absolute Gasteiger partial charge is 0.335 e. The van der Waals surface area contributed by atoms with Gasteiger partial charge in [-0.3, -0.25) is 4.55 Å². The molecule has 1 aromatic rings. The van der Waals surface area contributed by atoms with Crippen LogP contribution in [0.25, 0.3) is 0 Å². The van der Waals surface area contributed by atoms with Crippen LogP contribution in [-0.4, -0.2) is 112 Å². The van der Waals surface area contributed by atoms with Crippen LogP contribution in [0.3, 0.4) is 0 Å². The summed E-state index contributed by atoms with van der Waals surface area (Å²) < 4.78 is 50.4. The number of halogens is 1. The minimum absolute atomic E-state index is 0.143. The van der Waals surface area contributed by atoms with Crippen molar-refractivity contribution in [1.82, 2.24) is 9.32 Å². The van der Waals surface area contributed by atoms with Crippen molar-refractivity contribution in [3.63, 3.8) is 0 Å². The molecule has 1 fully saturated rings. The summed E-state index contributed by atoms with van der Waals surface area (Å²) >= 11 is 6.09. The summed E-state index contributed by atoms with van der Waals surface area (Å²) in [6.07, 6.45) is 0. The van der Waals surface area contributed by atoms with Crippen molar-refractivity contribution in [2.75, 3.05) is 73.3 Å². The van der Waals surface area contributed by atoms with Gasteiger partial charge in [0.05, 0.1) is 77.3 Å². The van der Waals surface area contributed by atoms with Crippen LogP contribution in [0.1, 0.15) is 25.0 Å². The van der Waals surface area contributed by atoms with Gasteiger partial charge in [-0.15, -0.1) is 0 Å². The van der Waals surface area contributed by atoms with E-state index in [2.05, 4.69) is 14.1 Å². The zero-order valence-corrected chi connectivity index (χ0v) is 22.9. The first kappa shape index (κ1) is 29.8. The van der Waals surface area contributed by atoms with Gasteiger partial charge >= 0.3 is 6.03 Å². The maximum absolute atomic E-state index is 12.2. The highest BCUT2D eigenvalue weighted by atomic mass is 35.5. The van der Waals surface area contributed by atoms with E-state index >= 15 is 0 Å². The van der Waals surface area contributed by atoms with Gasteiger partial charge in [-0.25, -0.2) is 9.21 Å². The Morgan fingerprint density at radius 1 is 1.06 bits per heavy atom. The van der Waals surface area contributed by atoms with Gasteiger partial charge in [0.1, 0.15) is 6.54 Å². The molecule has 0 bridgehead atoms. The minimum Gasteiger partial charge on any atom is -0.377 e. The molecule has 200 valence electrons. The monoisotopic (exact) mass is 536 g/mol. The van der Waals surface area contributed by atoms with Gasteiger partial charge in [-0.05, 0) is 44.0 Å². The second-order valence-electron chi connectivity index (χ2n) is 10.0. The summed E-state index contributed by atoms with van der Waals surface area (Å²) in [7, 11) is -0.0233. The molecule has 0 saturated carbocycles. The van der Waals surface area contributed by atoms with Gasteiger partial charge in [0.2, 0.25) is 0 Å². The van der Waals surface area contributed by atoms with Crippen LogP contribution < -0.4 is 0 Å². The molecule has 2 amide bonds. The van der Waals surface area contributed by atoms with E-state index in [0.29, 0.717) is 51.7 Å². The van der Waals surface area contributed by atoms with Crippen molar-refractivity contribution < 1.29 is 36.5 Å². The van der Waals surface area contributed by atoms with Crippen molar-refractivity contribution in [1.29, 1.82) is 0 Å². The van der Waals surface area contributed by atoms with Crippen molar-refractivity contribution in [2.24, 2.45) is 0 Å². The molecule has 1 saturated heterocycles. The summed E-state index contributed by atoms with van der Waals surface area (Å²) in [5.74, 6) is 0. The first-order valence-corrected chi connectivity index (χ1v) is 13.4. The van der Waals surface area contributed by atoms with Gasteiger partial charge in [0, 0.05) is 18.3 Å². The molecule has 0 radical (unpaired) electrons. The number of ether oxygens (including phenoxy) is 3. The fourth-order valence-corrected chi connectivity index (χ4v) is 4.25. The fraction of sp³-hybridized carbons (Fsp3) is 0.696. The topological polar surface area (TPSA) is 106 Å². The van der Waals surface area contributed by atoms with Crippen LogP contribution in [0.15, 0.2) is 23.1 Å². The Kier molecular flexibility index (Phi) is 10.8. The van der Waals surface area contributed by atoms with Crippen LogP contribution in [0.2, 0.25) is 0 Å². The zero-order chi connectivity index (χ0) is 26.3. The Labute approximate surface area is 214 Å². The molecule has 0 unspecified atom stereocenters. The molecule has 1 aliphatic rings. The second kappa shape index (κ2) is 12.7. The Morgan fingerprint density at radius 2 is 1.66 bits per heavy atom.